The van der Waals surface area contributed by atoms with Gasteiger partial charge in [0.2, 0.25) is 0 Å². The molecule has 0 aromatic carbocycles. The number of aryl methyl sites for hydroxylation is 1. The minimum Gasteiger partial charge on any atom is -0.307 e. The molecule has 5 rings (SSSR count). The van der Waals surface area contributed by atoms with Gasteiger partial charge in [-0.1, -0.05) is 0 Å². The van der Waals surface area contributed by atoms with Crippen molar-refractivity contribution >= 4 is 11.3 Å². The Morgan fingerprint density at radius 2 is 1.81 bits per heavy atom. The van der Waals surface area contributed by atoms with Crippen molar-refractivity contribution in [1.82, 2.24) is 19.5 Å². The lowest BCUT2D eigenvalue weighted by molar-refractivity contribution is 0.642. The molecule has 4 aromatic rings. The van der Waals surface area contributed by atoms with E-state index in [1.807, 2.05) is 40.5 Å². The van der Waals surface area contributed by atoms with Crippen LogP contribution < -0.4 is 5.56 Å². The van der Waals surface area contributed by atoms with Gasteiger partial charge < -0.3 is 4.57 Å². The molecule has 132 valence electrons. The standard InChI is InChI=1S/C21H16N4OS/c26-21-17(20-24-9-11-27-20)12-16(15-3-6-22-7-4-15)19-18-13-23-8-5-14(18)2-1-10-25(19)21/h3-9,11-13H,1-2,10H2. The second-order valence-corrected chi connectivity index (χ2v) is 7.38. The van der Waals surface area contributed by atoms with Crippen molar-refractivity contribution < 1.29 is 0 Å². The predicted molar refractivity (Wildman–Crippen MR) is 107 cm³/mol. The minimum absolute atomic E-state index is 0.00876. The maximum Gasteiger partial charge on any atom is 0.261 e. The third-order valence-corrected chi connectivity index (χ3v) is 5.74. The summed E-state index contributed by atoms with van der Waals surface area (Å²) < 4.78 is 1.90. The first-order chi connectivity index (χ1) is 13.3. The summed E-state index contributed by atoms with van der Waals surface area (Å²) in [7, 11) is 0. The molecule has 5 nitrogen and oxygen atoms in total. The highest BCUT2D eigenvalue weighted by atomic mass is 32.1. The fraction of sp³-hybridized carbons (Fsp3) is 0.143. The van der Waals surface area contributed by atoms with Crippen molar-refractivity contribution in [3.05, 3.63) is 76.5 Å². The van der Waals surface area contributed by atoms with Crippen LogP contribution in [0.4, 0.5) is 0 Å². The summed E-state index contributed by atoms with van der Waals surface area (Å²) in [5.74, 6) is 0. The summed E-state index contributed by atoms with van der Waals surface area (Å²) in [6.07, 6.45) is 10.8. The Balaban J connectivity index is 1.90. The number of fused-ring (bicyclic) bond motifs is 3. The van der Waals surface area contributed by atoms with Gasteiger partial charge in [-0.3, -0.25) is 14.8 Å². The highest BCUT2D eigenvalue weighted by Crippen LogP contribution is 2.37. The van der Waals surface area contributed by atoms with Crippen molar-refractivity contribution in [3.63, 3.8) is 0 Å². The van der Waals surface area contributed by atoms with Crippen LogP contribution in [0, 0.1) is 0 Å². The topological polar surface area (TPSA) is 60.7 Å². The minimum atomic E-state index is 0.00876. The number of hydrogen-bond acceptors (Lipinski definition) is 5. The number of pyridine rings is 3. The summed E-state index contributed by atoms with van der Waals surface area (Å²) in [4.78, 5) is 26.2. The van der Waals surface area contributed by atoms with Gasteiger partial charge in [0, 0.05) is 54.0 Å². The Kier molecular flexibility index (Phi) is 3.90. The Hall–Kier alpha value is -3.12. The van der Waals surface area contributed by atoms with Crippen molar-refractivity contribution in [2.75, 3.05) is 0 Å². The van der Waals surface area contributed by atoms with Crippen LogP contribution in [-0.2, 0) is 13.0 Å². The van der Waals surface area contributed by atoms with Gasteiger partial charge in [0.1, 0.15) is 5.01 Å². The van der Waals surface area contributed by atoms with Crippen LogP contribution in [-0.4, -0.2) is 19.5 Å². The molecule has 5 heterocycles. The van der Waals surface area contributed by atoms with E-state index in [0.29, 0.717) is 12.1 Å². The average Bonchev–Trinajstić information content (AvgIpc) is 3.17. The summed E-state index contributed by atoms with van der Waals surface area (Å²) in [5, 5.41) is 2.65. The van der Waals surface area contributed by atoms with Gasteiger partial charge in [-0.15, -0.1) is 11.3 Å². The highest BCUT2D eigenvalue weighted by molar-refractivity contribution is 7.13. The lowest BCUT2D eigenvalue weighted by atomic mass is 9.96. The molecular weight excluding hydrogens is 356 g/mol. The molecule has 6 heteroatoms. The Labute approximate surface area is 160 Å². The van der Waals surface area contributed by atoms with E-state index in [-0.39, 0.29) is 5.56 Å². The van der Waals surface area contributed by atoms with E-state index in [1.54, 1.807) is 18.6 Å². The molecule has 1 aliphatic rings. The molecule has 0 N–H and O–H groups in total. The van der Waals surface area contributed by atoms with Crippen LogP contribution in [0.15, 0.2) is 65.4 Å². The van der Waals surface area contributed by atoms with E-state index in [2.05, 4.69) is 21.0 Å². The zero-order valence-electron chi connectivity index (χ0n) is 14.5. The monoisotopic (exact) mass is 372 g/mol. The number of rotatable bonds is 2. The summed E-state index contributed by atoms with van der Waals surface area (Å²) >= 11 is 1.49. The summed E-state index contributed by atoms with van der Waals surface area (Å²) in [6.45, 7) is 0.681. The zero-order chi connectivity index (χ0) is 18.2. The van der Waals surface area contributed by atoms with E-state index in [9.17, 15) is 4.79 Å². The van der Waals surface area contributed by atoms with E-state index in [1.165, 1.54) is 16.9 Å². The molecule has 0 spiro atoms. The molecule has 1 aliphatic heterocycles. The molecule has 0 bridgehead atoms. The average molecular weight is 372 g/mol. The van der Waals surface area contributed by atoms with Gasteiger partial charge in [0.05, 0.1) is 11.3 Å². The fourth-order valence-electron chi connectivity index (χ4n) is 3.71. The van der Waals surface area contributed by atoms with Gasteiger partial charge in [-0.25, -0.2) is 4.98 Å². The Morgan fingerprint density at radius 1 is 0.963 bits per heavy atom. The predicted octanol–water partition coefficient (Wildman–Crippen LogP) is 4.04. The zero-order valence-corrected chi connectivity index (χ0v) is 15.3. The number of hydrogen-bond donors (Lipinski definition) is 0. The molecule has 0 unspecified atom stereocenters. The quantitative estimate of drug-likeness (QED) is 0.533. The van der Waals surface area contributed by atoms with Crippen molar-refractivity contribution in [2.45, 2.75) is 19.4 Å². The van der Waals surface area contributed by atoms with Crippen LogP contribution in [0.2, 0.25) is 0 Å². The van der Waals surface area contributed by atoms with Crippen LogP contribution in [0.1, 0.15) is 12.0 Å². The second-order valence-electron chi connectivity index (χ2n) is 6.49. The molecule has 0 aliphatic carbocycles. The number of thiazole rings is 1. The molecule has 0 fully saturated rings. The normalized spacial score (nSPS) is 12.9. The SMILES string of the molecule is O=c1c(-c2nccs2)cc(-c2ccncc2)c2n1CCCc1ccncc1-2. The third-order valence-electron chi connectivity index (χ3n) is 4.94. The number of aromatic nitrogens is 4. The molecule has 0 saturated heterocycles. The van der Waals surface area contributed by atoms with Gasteiger partial charge in [-0.2, -0.15) is 0 Å². The maximum absolute atomic E-state index is 13.4. The molecule has 4 aromatic heterocycles. The molecule has 0 amide bonds. The van der Waals surface area contributed by atoms with E-state index < -0.39 is 0 Å². The Morgan fingerprint density at radius 3 is 2.63 bits per heavy atom. The van der Waals surface area contributed by atoms with Gasteiger partial charge in [0.25, 0.3) is 5.56 Å². The van der Waals surface area contributed by atoms with Crippen molar-refractivity contribution in [1.29, 1.82) is 0 Å². The van der Waals surface area contributed by atoms with Crippen LogP contribution >= 0.6 is 11.3 Å². The number of nitrogens with zero attached hydrogens (tertiary/aromatic N) is 4. The fourth-order valence-corrected chi connectivity index (χ4v) is 4.36. The van der Waals surface area contributed by atoms with Gasteiger partial charge >= 0.3 is 0 Å². The molecule has 0 saturated carbocycles. The first-order valence-electron chi connectivity index (χ1n) is 8.84. The Bertz CT molecular complexity index is 1170. The summed E-state index contributed by atoms with van der Waals surface area (Å²) in [5.41, 5.74) is 5.90. The van der Waals surface area contributed by atoms with Gasteiger partial charge in [-0.05, 0) is 48.2 Å². The molecular formula is C21H16N4OS. The first-order valence-corrected chi connectivity index (χ1v) is 9.72. The van der Waals surface area contributed by atoms with E-state index in [4.69, 9.17) is 0 Å². The molecule has 27 heavy (non-hydrogen) atoms. The van der Waals surface area contributed by atoms with Crippen LogP contribution in [0.5, 0.6) is 0 Å². The van der Waals surface area contributed by atoms with E-state index >= 15 is 0 Å². The maximum atomic E-state index is 13.4. The van der Waals surface area contributed by atoms with Crippen molar-refractivity contribution in [2.24, 2.45) is 0 Å². The van der Waals surface area contributed by atoms with Crippen LogP contribution in [0.3, 0.4) is 0 Å². The smallest absolute Gasteiger partial charge is 0.261 e. The third kappa shape index (κ3) is 2.69. The lowest BCUT2D eigenvalue weighted by Gasteiger charge is -2.18. The van der Waals surface area contributed by atoms with Crippen LogP contribution in [0.25, 0.3) is 33.0 Å². The van der Waals surface area contributed by atoms with Crippen molar-refractivity contribution in [3.8, 4) is 33.0 Å². The summed E-state index contributed by atoms with van der Waals surface area (Å²) in [6, 6.07) is 7.99. The van der Waals surface area contributed by atoms with E-state index in [0.717, 1.165) is 40.2 Å². The first kappa shape index (κ1) is 16.1. The molecule has 0 atom stereocenters. The molecule has 0 radical (unpaired) electrons. The second kappa shape index (κ2) is 6.55. The van der Waals surface area contributed by atoms with Gasteiger partial charge in [0.15, 0.2) is 0 Å². The lowest BCUT2D eigenvalue weighted by Crippen LogP contribution is -2.23. The highest BCUT2D eigenvalue weighted by Gasteiger charge is 2.23. The largest absolute Gasteiger partial charge is 0.307 e.